The van der Waals surface area contributed by atoms with Crippen LogP contribution in [0.5, 0.6) is 0 Å². The Kier molecular flexibility index (Phi) is 5.77. The summed E-state index contributed by atoms with van der Waals surface area (Å²) < 4.78 is 5.56. The minimum absolute atomic E-state index is 0.799. The second-order valence-electron chi connectivity index (χ2n) is 5.04. The quantitative estimate of drug-likeness (QED) is 0.751. The van der Waals surface area contributed by atoms with Gasteiger partial charge in [-0.3, -0.25) is 9.88 Å². The molecule has 0 bridgehead atoms. The van der Waals surface area contributed by atoms with Crippen LogP contribution >= 0.6 is 0 Å². The molecule has 2 heterocycles. The maximum Gasteiger partial charge on any atom is 0.122 e. The Bertz CT molecular complexity index is 495. The molecule has 4 nitrogen and oxygen atoms in total. The van der Waals surface area contributed by atoms with Gasteiger partial charge in [-0.05, 0) is 38.2 Å². The van der Waals surface area contributed by atoms with Crippen LogP contribution in [0.3, 0.4) is 0 Å². The summed E-state index contributed by atoms with van der Waals surface area (Å²) >= 11 is 0. The number of hydrogen-bond acceptors (Lipinski definition) is 4. The highest BCUT2D eigenvalue weighted by Gasteiger charge is 2.09. The molecule has 0 aliphatic heterocycles. The third-order valence-corrected chi connectivity index (χ3v) is 3.15. The van der Waals surface area contributed by atoms with Gasteiger partial charge in [-0.2, -0.15) is 0 Å². The van der Waals surface area contributed by atoms with Gasteiger partial charge in [0.1, 0.15) is 5.76 Å². The molecule has 0 saturated heterocycles. The van der Waals surface area contributed by atoms with E-state index >= 15 is 0 Å². The highest BCUT2D eigenvalue weighted by atomic mass is 16.3. The molecular formula is C16H23N3O. The summed E-state index contributed by atoms with van der Waals surface area (Å²) in [7, 11) is 2.10. The third-order valence-electron chi connectivity index (χ3n) is 3.15. The molecular weight excluding hydrogens is 250 g/mol. The number of nitrogens with one attached hydrogen (secondary N) is 1. The van der Waals surface area contributed by atoms with E-state index in [1.807, 2.05) is 18.3 Å². The summed E-state index contributed by atoms with van der Waals surface area (Å²) in [4.78, 5) is 6.60. The summed E-state index contributed by atoms with van der Waals surface area (Å²) in [5, 5.41) is 3.38. The van der Waals surface area contributed by atoms with Crippen LogP contribution in [-0.4, -0.2) is 23.5 Å². The van der Waals surface area contributed by atoms with Crippen molar-refractivity contribution in [1.82, 2.24) is 15.2 Å². The van der Waals surface area contributed by atoms with Crippen LogP contribution in [0, 0.1) is 0 Å². The predicted octanol–water partition coefficient (Wildman–Crippen LogP) is 2.81. The van der Waals surface area contributed by atoms with E-state index in [2.05, 4.69) is 41.3 Å². The molecule has 0 amide bonds. The maximum absolute atomic E-state index is 5.56. The predicted molar refractivity (Wildman–Crippen MR) is 80.1 cm³/mol. The van der Waals surface area contributed by atoms with E-state index < -0.39 is 0 Å². The standard InChI is InChI=1S/C16H23N3O/c1-3-8-17-11-16-14(7-10-20-16)12-19(2)13-15-6-4-5-9-18-15/h4-7,9-10,17H,3,8,11-13H2,1-2H3. The Morgan fingerprint density at radius 3 is 2.90 bits per heavy atom. The minimum Gasteiger partial charge on any atom is -0.468 e. The van der Waals surface area contributed by atoms with Gasteiger partial charge in [-0.1, -0.05) is 13.0 Å². The van der Waals surface area contributed by atoms with Crippen LogP contribution in [-0.2, 0) is 19.6 Å². The van der Waals surface area contributed by atoms with Crippen LogP contribution in [0.2, 0.25) is 0 Å². The van der Waals surface area contributed by atoms with E-state index in [4.69, 9.17) is 4.42 Å². The molecule has 0 aliphatic carbocycles. The van der Waals surface area contributed by atoms with E-state index in [0.717, 1.165) is 44.1 Å². The fraction of sp³-hybridized carbons (Fsp3) is 0.438. The van der Waals surface area contributed by atoms with Crippen molar-refractivity contribution in [3.8, 4) is 0 Å². The molecule has 0 radical (unpaired) electrons. The summed E-state index contributed by atoms with van der Waals surface area (Å²) in [5.41, 5.74) is 2.33. The first kappa shape index (κ1) is 14.8. The van der Waals surface area contributed by atoms with Gasteiger partial charge in [0.15, 0.2) is 0 Å². The van der Waals surface area contributed by atoms with Crippen LogP contribution < -0.4 is 5.32 Å². The molecule has 20 heavy (non-hydrogen) atoms. The Morgan fingerprint density at radius 1 is 1.25 bits per heavy atom. The fourth-order valence-corrected chi connectivity index (χ4v) is 2.16. The molecule has 108 valence electrons. The van der Waals surface area contributed by atoms with E-state index in [-0.39, 0.29) is 0 Å². The number of rotatable bonds is 8. The van der Waals surface area contributed by atoms with Crippen molar-refractivity contribution in [3.05, 3.63) is 53.7 Å². The van der Waals surface area contributed by atoms with E-state index in [9.17, 15) is 0 Å². The zero-order chi connectivity index (χ0) is 14.2. The van der Waals surface area contributed by atoms with Crippen molar-refractivity contribution in [2.24, 2.45) is 0 Å². The Labute approximate surface area is 120 Å². The van der Waals surface area contributed by atoms with Gasteiger partial charge in [0.05, 0.1) is 18.5 Å². The normalized spacial score (nSPS) is 11.2. The number of furan rings is 1. The molecule has 1 N–H and O–H groups in total. The molecule has 0 fully saturated rings. The van der Waals surface area contributed by atoms with E-state index in [1.54, 1.807) is 6.26 Å². The molecule has 0 atom stereocenters. The second-order valence-corrected chi connectivity index (χ2v) is 5.04. The summed E-state index contributed by atoms with van der Waals surface area (Å²) in [6.45, 7) is 5.69. The molecule has 0 aliphatic rings. The Morgan fingerprint density at radius 2 is 2.15 bits per heavy atom. The van der Waals surface area contributed by atoms with E-state index in [0.29, 0.717) is 0 Å². The number of nitrogens with zero attached hydrogens (tertiary/aromatic N) is 2. The summed E-state index contributed by atoms with van der Waals surface area (Å²) in [6.07, 6.45) is 4.74. The molecule has 2 aromatic rings. The average molecular weight is 273 g/mol. The van der Waals surface area contributed by atoms with Gasteiger partial charge in [0, 0.05) is 24.8 Å². The van der Waals surface area contributed by atoms with Gasteiger partial charge in [-0.15, -0.1) is 0 Å². The third kappa shape index (κ3) is 4.47. The maximum atomic E-state index is 5.56. The van der Waals surface area contributed by atoms with Crippen LogP contribution in [0.1, 0.15) is 30.4 Å². The number of aromatic nitrogens is 1. The minimum atomic E-state index is 0.799. The molecule has 0 spiro atoms. The first-order valence-corrected chi connectivity index (χ1v) is 7.14. The first-order valence-electron chi connectivity index (χ1n) is 7.14. The second kappa shape index (κ2) is 7.82. The molecule has 0 unspecified atom stereocenters. The largest absolute Gasteiger partial charge is 0.468 e. The van der Waals surface area contributed by atoms with Crippen LogP contribution in [0.4, 0.5) is 0 Å². The van der Waals surface area contributed by atoms with Gasteiger partial charge in [0.25, 0.3) is 0 Å². The molecule has 2 rings (SSSR count). The Hall–Kier alpha value is -1.65. The van der Waals surface area contributed by atoms with Crippen LogP contribution in [0.15, 0.2) is 41.1 Å². The lowest BCUT2D eigenvalue weighted by Gasteiger charge is -2.16. The summed E-state index contributed by atoms with van der Waals surface area (Å²) in [5.74, 6) is 1.03. The SMILES string of the molecule is CCCNCc1occc1CN(C)Cc1ccccn1. The Balaban J connectivity index is 1.88. The van der Waals surface area contributed by atoms with Gasteiger partial charge < -0.3 is 9.73 Å². The summed E-state index contributed by atoms with van der Waals surface area (Å²) in [6, 6.07) is 8.07. The van der Waals surface area contributed by atoms with Gasteiger partial charge in [-0.25, -0.2) is 0 Å². The van der Waals surface area contributed by atoms with Crippen LogP contribution in [0.25, 0.3) is 0 Å². The molecule has 2 aromatic heterocycles. The van der Waals surface area contributed by atoms with Crippen molar-refractivity contribution in [2.45, 2.75) is 33.0 Å². The van der Waals surface area contributed by atoms with Crippen molar-refractivity contribution >= 4 is 0 Å². The van der Waals surface area contributed by atoms with Crippen molar-refractivity contribution in [1.29, 1.82) is 0 Å². The smallest absolute Gasteiger partial charge is 0.122 e. The van der Waals surface area contributed by atoms with Gasteiger partial charge >= 0.3 is 0 Å². The van der Waals surface area contributed by atoms with Crippen molar-refractivity contribution in [3.63, 3.8) is 0 Å². The lowest BCUT2D eigenvalue weighted by Crippen LogP contribution is -2.20. The van der Waals surface area contributed by atoms with Gasteiger partial charge in [0.2, 0.25) is 0 Å². The lowest BCUT2D eigenvalue weighted by molar-refractivity contribution is 0.311. The number of pyridine rings is 1. The monoisotopic (exact) mass is 273 g/mol. The molecule has 0 aromatic carbocycles. The zero-order valence-corrected chi connectivity index (χ0v) is 12.3. The van der Waals surface area contributed by atoms with Crippen molar-refractivity contribution in [2.75, 3.05) is 13.6 Å². The highest BCUT2D eigenvalue weighted by molar-refractivity contribution is 5.17. The zero-order valence-electron chi connectivity index (χ0n) is 12.3. The number of hydrogen-bond donors (Lipinski definition) is 1. The topological polar surface area (TPSA) is 41.3 Å². The molecule has 0 saturated carbocycles. The highest BCUT2D eigenvalue weighted by Crippen LogP contribution is 2.13. The lowest BCUT2D eigenvalue weighted by atomic mass is 10.2. The molecule has 4 heteroatoms. The van der Waals surface area contributed by atoms with Crippen molar-refractivity contribution < 1.29 is 4.42 Å². The fourth-order valence-electron chi connectivity index (χ4n) is 2.16. The first-order chi connectivity index (χ1) is 9.79. The van der Waals surface area contributed by atoms with E-state index in [1.165, 1.54) is 5.56 Å². The average Bonchev–Trinajstić information content (AvgIpc) is 2.87.